The summed E-state index contributed by atoms with van der Waals surface area (Å²) in [5.74, 6) is 0.775. The molecule has 0 aliphatic rings. The van der Waals surface area contributed by atoms with E-state index in [1.165, 1.54) is 0 Å². The van der Waals surface area contributed by atoms with E-state index in [1.54, 1.807) is 13.2 Å². The first-order valence-corrected chi connectivity index (χ1v) is 7.56. The predicted octanol–water partition coefficient (Wildman–Crippen LogP) is 4.33. The third kappa shape index (κ3) is 3.03. The molecule has 0 unspecified atom stereocenters. The monoisotopic (exact) mass is 329 g/mol. The van der Waals surface area contributed by atoms with Crippen LogP contribution < -0.4 is 10.1 Å². The molecule has 0 spiro atoms. The number of nitrogens with one attached hydrogen (secondary N) is 1. The highest BCUT2D eigenvalue weighted by molar-refractivity contribution is 6.35. The molecule has 0 radical (unpaired) electrons. The molecule has 3 aromatic rings. The Morgan fingerprint density at radius 3 is 2.78 bits per heavy atom. The van der Waals surface area contributed by atoms with Gasteiger partial charge >= 0.3 is 0 Å². The van der Waals surface area contributed by atoms with Crippen molar-refractivity contribution >= 4 is 28.5 Å². The molecule has 3 rings (SSSR count). The third-order valence-electron chi connectivity index (χ3n) is 3.71. The van der Waals surface area contributed by atoms with Crippen molar-refractivity contribution in [3.8, 4) is 5.75 Å². The van der Waals surface area contributed by atoms with Crippen LogP contribution in [0.25, 0.3) is 11.0 Å². The topological polar surface area (TPSA) is 51.5 Å². The smallest absolute Gasteiger partial charge is 0.287 e. The van der Waals surface area contributed by atoms with Gasteiger partial charge in [0.25, 0.3) is 5.91 Å². The summed E-state index contributed by atoms with van der Waals surface area (Å²) in [5, 5.41) is 4.21. The summed E-state index contributed by atoms with van der Waals surface area (Å²) < 4.78 is 10.8. The Balaban J connectivity index is 1.81. The number of hydrogen-bond acceptors (Lipinski definition) is 3. The second-order valence-corrected chi connectivity index (χ2v) is 5.61. The van der Waals surface area contributed by atoms with Crippen molar-refractivity contribution < 1.29 is 13.9 Å². The van der Waals surface area contributed by atoms with E-state index in [0.29, 0.717) is 17.2 Å². The molecule has 4 nitrogen and oxygen atoms in total. The van der Waals surface area contributed by atoms with Gasteiger partial charge in [0, 0.05) is 17.5 Å². The fourth-order valence-electron chi connectivity index (χ4n) is 2.47. The average Bonchev–Trinajstić information content (AvgIpc) is 2.91. The van der Waals surface area contributed by atoms with Crippen molar-refractivity contribution in [2.24, 2.45) is 0 Å². The molecule has 23 heavy (non-hydrogen) atoms. The molecule has 1 N–H and O–H groups in total. The van der Waals surface area contributed by atoms with Crippen LogP contribution in [0.3, 0.4) is 0 Å². The van der Waals surface area contributed by atoms with E-state index in [-0.39, 0.29) is 11.7 Å². The van der Waals surface area contributed by atoms with Gasteiger partial charge in [-0.1, -0.05) is 35.9 Å². The summed E-state index contributed by atoms with van der Waals surface area (Å²) in [6.07, 6.45) is 0. The molecule has 0 aliphatic carbocycles. The number of hydrogen-bond donors (Lipinski definition) is 1. The third-order valence-corrected chi connectivity index (χ3v) is 4.01. The van der Waals surface area contributed by atoms with Crippen LogP contribution in [0.1, 0.15) is 21.7 Å². The van der Waals surface area contributed by atoms with Crippen LogP contribution in [0.15, 0.2) is 46.9 Å². The first-order valence-electron chi connectivity index (χ1n) is 7.19. The normalized spacial score (nSPS) is 10.7. The summed E-state index contributed by atoms with van der Waals surface area (Å²) in [6.45, 7) is 2.24. The zero-order valence-electron chi connectivity index (χ0n) is 12.9. The molecule has 0 fully saturated rings. The summed E-state index contributed by atoms with van der Waals surface area (Å²) in [6, 6.07) is 13.0. The van der Waals surface area contributed by atoms with Gasteiger partial charge in [-0.15, -0.1) is 0 Å². The number of halogens is 1. The number of ether oxygens (including phenoxy) is 1. The van der Waals surface area contributed by atoms with E-state index in [2.05, 4.69) is 5.32 Å². The minimum atomic E-state index is -0.266. The van der Waals surface area contributed by atoms with Crippen LogP contribution >= 0.6 is 11.6 Å². The largest absolute Gasteiger partial charge is 0.497 e. The van der Waals surface area contributed by atoms with Crippen LogP contribution in [0.4, 0.5) is 0 Å². The zero-order chi connectivity index (χ0) is 16.4. The highest BCUT2D eigenvalue weighted by atomic mass is 35.5. The van der Waals surface area contributed by atoms with Gasteiger partial charge in [-0.3, -0.25) is 4.79 Å². The van der Waals surface area contributed by atoms with Crippen molar-refractivity contribution in [1.29, 1.82) is 0 Å². The minimum Gasteiger partial charge on any atom is -0.497 e. The fraction of sp³-hybridized carbons (Fsp3) is 0.167. The lowest BCUT2D eigenvalue weighted by Crippen LogP contribution is -2.22. The Labute approximate surface area is 139 Å². The molecule has 1 aromatic heterocycles. The Bertz CT molecular complexity index is 870. The van der Waals surface area contributed by atoms with Crippen LogP contribution in [0, 0.1) is 6.92 Å². The second kappa shape index (κ2) is 6.34. The summed E-state index contributed by atoms with van der Waals surface area (Å²) in [4.78, 5) is 12.4. The quantitative estimate of drug-likeness (QED) is 0.775. The molecular weight excluding hydrogens is 314 g/mol. The summed E-state index contributed by atoms with van der Waals surface area (Å²) in [7, 11) is 1.61. The highest BCUT2D eigenvalue weighted by Gasteiger charge is 2.18. The van der Waals surface area contributed by atoms with Gasteiger partial charge in [-0.2, -0.15) is 0 Å². The number of rotatable bonds is 4. The number of carbonyl (C=O) groups is 1. The molecule has 0 saturated carbocycles. The van der Waals surface area contributed by atoms with Crippen LogP contribution in [-0.4, -0.2) is 13.0 Å². The van der Waals surface area contributed by atoms with Crippen molar-refractivity contribution in [2.75, 3.05) is 7.11 Å². The molecule has 118 valence electrons. The van der Waals surface area contributed by atoms with Gasteiger partial charge in [0.2, 0.25) is 0 Å². The Morgan fingerprint density at radius 1 is 1.26 bits per heavy atom. The molecule has 1 amide bonds. The first kappa shape index (κ1) is 15.4. The number of aryl methyl sites for hydroxylation is 1. The number of fused-ring (bicyclic) bond motifs is 1. The maximum atomic E-state index is 12.4. The molecular formula is C18H16ClNO3. The lowest BCUT2D eigenvalue weighted by molar-refractivity contribution is 0.0924. The van der Waals surface area contributed by atoms with Gasteiger partial charge < -0.3 is 14.5 Å². The number of furan rings is 1. The van der Waals surface area contributed by atoms with Crippen molar-refractivity contribution in [2.45, 2.75) is 13.5 Å². The number of methoxy groups -OCH3 is 1. The lowest BCUT2D eigenvalue weighted by atomic mass is 10.1. The van der Waals surface area contributed by atoms with Crippen LogP contribution in [0.5, 0.6) is 5.75 Å². The maximum Gasteiger partial charge on any atom is 0.287 e. The van der Waals surface area contributed by atoms with Crippen molar-refractivity contribution in [3.63, 3.8) is 0 Å². The van der Waals surface area contributed by atoms with Gasteiger partial charge in [-0.25, -0.2) is 0 Å². The van der Waals surface area contributed by atoms with Gasteiger partial charge in [-0.05, 0) is 30.7 Å². The Kier molecular flexibility index (Phi) is 4.26. The van der Waals surface area contributed by atoms with Crippen LogP contribution in [0.2, 0.25) is 5.02 Å². The van der Waals surface area contributed by atoms with E-state index in [1.807, 2.05) is 43.3 Å². The summed E-state index contributed by atoms with van der Waals surface area (Å²) >= 11 is 6.11. The number of amides is 1. The number of benzene rings is 2. The van der Waals surface area contributed by atoms with E-state index in [9.17, 15) is 4.79 Å². The maximum absolute atomic E-state index is 12.4. The van der Waals surface area contributed by atoms with Gasteiger partial charge in [0.05, 0.1) is 12.1 Å². The van der Waals surface area contributed by atoms with Gasteiger partial charge in [0.1, 0.15) is 5.75 Å². The predicted molar refractivity (Wildman–Crippen MR) is 90.1 cm³/mol. The van der Waals surface area contributed by atoms with Crippen molar-refractivity contribution in [1.82, 2.24) is 5.32 Å². The molecule has 1 heterocycles. The molecule has 2 aromatic carbocycles. The fourth-order valence-corrected chi connectivity index (χ4v) is 2.68. The lowest BCUT2D eigenvalue weighted by Gasteiger charge is -2.06. The standard InChI is InChI=1S/C18H16ClNO3/c1-11-14-7-4-8-15(19)17(14)23-16(11)18(21)20-10-12-5-3-6-13(9-12)22-2/h3-9H,10H2,1-2H3,(H,20,21). The van der Waals surface area contributed by atoms with Gasteiger partial charge in [0.15, 0.2) is 11.3 Å². The number of para-hydroxylation sites is 1. The minimum absolute atomic E-state index is 0.266. The first-order chi connectivity index (χ1) is 11.1. The average molecular weight is 330 g/mol. The summed E-state index contributed by atoms with van der Waals surface area (Å²) in [5.41, 5.74) is 2.27. The van der Waals surface area contributed by atoms with E-state index in [0.717, 1.165) is 22.3 Å². The molecule has 0 atom stereocenters. The Hall–Kier alpha value is -2.46. The molecule has 5 heteroatoms. The SMILES string of the molecule is COc1cccc(CNC(=O)c2oc3c(Cl)cccc3c2C)c1. The molecule has 0 aliphatic heterocycles. The van der Waals surface area contributed by atoms with Crippen LogP contribution in [-0.2, 0) is 6.54 Å². The molecule has 0 bridgehead atoms. The zero-order valence-corrected chi connectivity index (χ0v) is 13.6. The molecule has 0 saturated heterocycles. The highest BCUT2D eigenvalue weighted by Crippen LogP contribution is 2.30. The van der Waals surface area contributed by atoms with E-state index in [4.69, 9.17) is 20.8 Å². The van der Waals surface area contributed by atoms with Crippen molar-refractivity contribution in [3.05, 3.63) is 64.4 Å². The number of carbonyl (C=O) groups excluding carboxylic acids is 1. The van der Waals surface area contributed by atoms with E-state index < -0.39 is 0 Å². The Morgan fingerprint density at radius 2 is 2.04 bits per heavy atom. The van der Waals surface area contributed by atoms with E-state index >= 15 is 0 Å². The second-order valence-electron chi connectivity index (χ2n) is 5.21.